The van der Waals surface area contributed by atoms with E-state index < -0.39 is 0 Å². The predicted octanol–water partition coefficient (Wildman–Crippen LogP) is 4.99. The quantitative estimate of drug-likeness (QED) is 0.608. The Hall–Kier alpha value is -0.330. The van der Waals surface area contributed by atoms with Crippen LogP contribution in [0.5, 0.6) is 0 Å². The summed E-state index contributed by atoms with van der Waals surface area (Å²) in [5, 5.41) is 0. The molecule has 0 heterocycles. The van der Waals surface area contributed by atoms with Crippen molar-refractivity contribution in [3.8, 4) is 0 Å². The molecular weight excluding hydrogens is 244 g/mol. The van der Waals surface area contributed by atoms with Crippen LogP contribution in [0.3, 0.4) is 0 Å². The molecule has 4 aliphatic carbocycles. The second-order valence-corrected chi connectivity index (χ2v) is 8.82. The Labute approximate surface area is 123 Å². The molecule has 20 heavy (non-hydrogen) atoms. The van der Waals surface area contributed by atoms with Crippen molar-refractivity contribution in [1.29, 1.82) is 0 Å². The largest absolute Gasteiger partial charge is 0.299 e. The Morgan fingerprint density at radius 2 is 1.75 bits per heavy atom. The first-order chi connectivity index (χ1) is 9.56. The van der Waals surface area contributed by atoms with Gasteiger partial charge in [-0.05, 0) is 74.0 Å². The average molecular weight is 274 g/mol. The molecule has 4 saturated carbocycles. The molecule has 0 aromatic heterocycles. The zero-order valence-corrected chi connectivity index (χ0v) is 13.3. The molecule has 0 amide bonds. The second kappa shape index (κ2) is 4.34. The van der Waals surface area contributed by atoms with E-state index in [-0.39, 0.29) is 5.41 Å². The Morgan fingerprint density at radius 1 is 0.900 bits per heavy atom. The van der Waals surface area contributed by atoms with Gasteiger partial charge in [-0.25, -0.2) is 0 Å². The summed E-state index contributed by atoms with van der Waals surface area (Å²) < 4.78 is 0. The van der Waals surface area contributed by atoms with E-state index in [4.69, 9.17) is 0 Å². The fourth-order valence-corrected chi connectivity index (χ4v) is 7.07. The monoisotopic (exact) mass is 274 g/mol. The number of carbonyl (C=O) groups excluding carboxylic acids is 1. The molecule has 6 atom stereocenters. The van der Waals surface area contributed by atoms with Crippen molar-refractivity contribution in [3.63, 3.8) is 0 Å². The number of rotatable bonds is 0. The highest BCUT2D eigenvalue weighted by molar-refractivity contribution is 5.87. The number of carbonyl (C=O) groups is 1. The molecule has 4 aliphatic rings. The molecule has 4 rings (SSSR count). The maximum atomic E-state index is 12.4. The van der Waals surface area contributed by atoms with Crippen LogP contribution in [-0.2, 0) is 4.79 Å². The van der Waals surface area contributed by atoms with E-state index in [1.165, 1.54) is 57.8 Å². The standard InChI is InChI=1S/C19H30O/c1-18-11-4-3-5-13(18)6-7-14-15-8-9-17(20)19(15,2)12-10-16(14)18/h13-16H,3-12H2,1-2H3/t13?,14-,15+,16-,18-,19-/m0/s1. The molecule has 1 nitrogen and oxygen atoms in total. The fourth-order valence-electron chi connectivity index (χ4n) is 7.07. The maximum Gasteiger partial charge on any atom is 0.139 e. The van der Waals surface area contributed by atoms with E-state index in [9.17, 15) is 4.79 Å². The van der Waals surface area contributed by atoms with Gasteiger partial charge in [0.15, 0.2) is 0 Å². The zero-order chi connectivity index (χ0) is 14.0. The first-order valence-corrected chi connectivity index (χ1v) is 9.09. The third kappa shape index (κ3) is 1.58. The van der Waals surface area contributed by atoms with Gasteiger partial charge in [0.1, 0.15) is 5.78 Å². The SMILES string of the molecule is C[C@]12CCCCC1CC[C@H]1[C@H]3CCC(=O)[C@@]3(C)CC[C@@H]12. The lowest BCUT2D eigenvalue weighted by molar-refractivity contribution is -0.138. The average Bonchev–Trinajstić information content (AvgIpc) is 2.74. The van der Waals surface area contributed by atoms with Crippen LogP contribution in [0.1, 0.15) is 78.1 Å². The summed E-state index contributed by atoms with van der Waals surface area (Å²) in [6.45, 7) is 4.92. The third-order valence-electron chi connectivity index (χ3n) is 8.29. The third-order valence-corrected chi connectivity index (χ3v) is 8.29. The Bertz CT molecular complexity index is 427. The first kappa shape index (κ1) is 13.3. The number of fused-ring (bicyclic) bond motifs is 5. The zero-order valence-electron chi connectivity index (χ0n) is 13.3. The van der Waals surface area contributed by atoms with E-state index in [2.05, 4.69) is 13.8 Å². The normalized spacial score (nSPS) is 55.0. The van der Waals surface area contributed by atoms with Gasteiger partial charge < -0.3 is 0 Å². The van der Waals surface area contributed by atoms with Crippen LogP contribution in [0.4, 0.5) is 0 Å². The Kier molecular flexibility index (Phi) is 2.89. The van der Waals surface area contributed by atoms with E-state index in [0.29, 0.717) is 11.2 Å². The lowest BCUT2D eigenvalue weighted by Crippen LogP contribution is -2.52. The summed E-state index contributed by atoms with van der Waals surface area (Å²) in [6.07, 6.45) is 13.4. The number of Topliss-reactive ketones (excluding diaryl/α,β-unsaturated/α-hetero) is 1. The molecule has 4 fully saturated rings. The molecule has 0 aliphatic heterocycles. The highest BCUT2D eigenvalue weighted by Crippen LogP contribution is 2.65. The van der Waals surface area contributed by atoms with Crippen LogP contribution in [-0.4, -0.2) is 5.78 Å². The molecule has 0 saturated heterocycles. The molecule has 0 aromatic rings. The lowest BCUT2D eigenvalue weighted by atomic mass is 9.45. The van der Waals surface area contributed by atoms with Crippen LogP contribution >= 0.6 is 0 Å². The number of hydrogen-bond donors (Lipinski definition) is 0. The van der Waals surface area contributed by atoms with Gasteiger partial charge in [-0.15, -0.1) is 0 Å². The van der Waals surface area contributed by atoms with Crippen LogP contribution in [0, 0.1) is 34.5 Å². The van der Waals surface area contributed by atoms with Gasteiger partial charge in [-0.3, -0.25) is 4.79 Å². The summed E-state index contributed by atoms with van der Waals surface area (Å²) in [5.74, 6) is 4.13. The fraction of sp³-hybridized carbons (Fsp3) is 0.947. The van der Waals surface area contributed by atoms with Crippen molar-refractivity contribution in [2.45, 2.75) is 78.1 Å². The van der Waals surface area contributed by atoms with Crippen LogP contribution in [0.25, 0.3) is 0 Å². The summed E-state index contributed by atoms with van der Waals surface area (Å²) in [6, 6.07) is 0. The van der Waals surface area contributed by atoms with Crippen molar-refractivity contribution in [3.05, 3.63) is 0 Å². The summed E-state index contributed by atoms with van der Waals surface area (Å²) in [7, 11) is 0. The second-order valence-electron chi connectivity index (χ2n) is 8.82. The number of hydrogen-bond acceptors (Lipinski definition) is 1. The minimum atomic E-state index is 0.0685. The maximum absolute atomic E-state index is 12.4. The first-order valence-electron chi connectivity index (χ1n) is 9.09. The van der Waals surface area contributed by atoms with Gasteiger partial charge >= 0.3 is 0 Å². The molecule has 0 bridgehead atoms. The van der Waals surface area contributed by atoms with E-state index in [0.717, 1.165) is 30.1 Å². The van der Waals surface area contributed by atoms with Gasteiger partial charge in [-0.2, -0.15) is 0 Å². The van der Waals surface area contributed by atoms with Crippen molar-refractivity contribution in [2.75, 3.05) is 0 Å². The molecule has 0 N–H and O–H groups in total. The number of ketones is 1. The molecular formula is C19H30O. The van der Waals surface area contributed by atoms with Gasteiger partial charge in [-0.1, -0.05) is 26.7 Å². The molecule has 0 spiro atoms. The van der Waals surface area contributed by atoms with Crippen LogP contribution in [0.2, 0.25) is 0 Å². The van der Waals surface area contributed by atoms with Gasteiger partial charge in [0, 0.05) is 11.8 Å². The van der Waals surface area contributed by atoms with Crippen LogP contribution < -0.4 is 0 Å². The highest BCUT2D eigenvalue weighted by Gasteiger charge is 2.59. The molecule has 1 unspecified atom stereocenters. The topological polar surface area (TPSA) is 17.1 Å². The van der Waals surface area contributed by atoms with E-state index in [1.807, 2.05) is 0 Å². The van der Waals surface area contributed by atoms with Crippen molar-refractivity contribution in [1.82, 2.24) is 0 Å². The molecule has 1 heteroatoms. The van der Waals surface area contributed by atoms with Gasteiger partial charge in [0.05, 0.1) is 0 Å². The summed E-state index contributed by atoms with van der Waals surface area (Å²) in [4.78, 5) is 12.4. The minimum absolute atomic E-state index is 0.0685. The van der Waals surface area contributed by atoms with Gasteiger partial charge in [0.2, 0.25) is 0 Å². The predicted molar refractivity (Wildman–Crippen MR) is 81.4 cm³/mol. The van der Waals surface area contributed by atoms with E-state index in [1.54, 1.807) is 0 Å². The smallest absolute Gasteiger partial charge is 0.139 e. The lowest BCUT2D eigenvalue weighted by Gasteiger charge is -2.59. The molecule has 0 aromatic carbocycles. The van der Waals surface area contributed by atoms with Crippen molar-refractivity contribution >= 4 is 5.78 Å². The Balaban J connectivity index is 1.66. The highest BCUT2D eigenvalue weighted by atomic mass is 16.1. The van der Waals surface area contributed by atoms with Crippen molar-refractivity contribution < 1.29 is 4.79 Å². The van der Waals surface area contributed by atoms with E-state index >= 15 is 0 Å². The van der Waals surface area contributed by atoms with Crippen molar-refractivity contribution in [2.24, 2.45) is 34.5 Å². The summed E-state index contributed by atoms with van der Waals surface area (Å²) >= 11 is 0. The Morgan fingerprint density at radius 3 is 2.60 bits per heavy atom. The van der Waals surface area contributed by atoms with Gasteiger partial charge in [0.25, 0.3) is 0 Å². The molecule has 112 valence electrons. The summed E-state index contributed by atoms with van der Waals surface area (Å²) in [5.41, 5.74) is 0.688. The van der Waals surface area contributed by atoms with Crippen LogP contribution in [0.15, 0.2) is 0 Å². The molecule has 0 radical (unpaired) electrons. The minimum Gasteiger partial charge on any atom is -0.299 e.